The standard InChI is InChI=1S/C29H30FN3O8S/c1-35-22-10-17(11-23(36-2)27(22)37-3)20-14-21(41-33-20)16-8-9-29(38-4,39-5)25(12-16)40-15-26(34)32-28-31-19-7-6-18(30)13-24(19)42-28/h6-13,21,25H,14-15H2,1-5H3,(H,31,32,34). The average molecular weight is 600 g/mol. The Morgan fingerprint density at radius 3 is 2.50 bits per heavy atom. The van der Waals surface area contributed by atoms with E-state index in [0.717, 1.165) is 11.1 Å². The summed E-state index contributed by atoms with van der Waals surface area (Å²) >= 11 is 1.17. The number of hydrogen-bond acceptors (Lipinski definition) is 11. The molecule has 1 aromatic heterocycles. The van der Waals surface area contributed by atoms with Crippen molar-refractivity contribution in [2.45, 2.75) is 24.4 Å². The van der Waals surface area contributed by atoms with Crippen LogP contribution in [0, 0.1) is 5.82 Å². The summed E-state index contributed by atoms with van der Waals surface area (Å²) in [5, 5.41) is 7.34. The quantitative estimate of drug-likeness (QED) is 0.319. The van der Waals surface area contributed by atoms with Gasteiger partial charge >= 0.3 is 0 Å². The summed E-state index contributed by atoms with van der Waals surface area (Å²) < 4.78 is 47.8. The molecule has 0 spiro atoms. The van der Waals surface area contributed by atoms with E-state index >= 15 is 0 Å². The zero-order valence-electron chi connectivity index (χ0n) is 23.6. The molecule has 1 amide bonds. The van der Waals surface area contributed by atoms with Crippen LogP contribution in [0.5, 0.6) is 17.2 Å². The Morgan fingerprint density at radius 1 is 1.10 bits per heavy atom. The lowest BCUT2D eigenvalue weighted by atomic mass is 9.92. The van der Waals surface area contributed by atoms with E-state index in [0.29, 0.717) is 44.7 Å². The molecular formula is C29H30FN3O8S. The van der Waals surface area contributed by atoms with Crippen LogP contribution in [-0.4, -0.2) is 76.8 Å². The zero-order valence-corrected chi connectivity index (χ0v) is 24.5. The van der Waals surface area contributed by atoms with Crippen LogP contribution < -0.4 is 19.5 Å². The molecule has 2 unspecified atom stereocenters. The SMILES string of the molecule is COc1cc(C2=NOC(C3=CC(OCC(=O)Nc4nc5ccc(F)cc5s4)C(OC)(OC)C=C3)C2)cc(OC)c1OC. The number of hydrogen-bond donors (Lipinski definition) is 1. The van der Waals surface area contributed by atoms with Crippen molar-refractivity contribution in [3.8, 4) is 17.2 Å². The van der Waals surface area contributed by atoms with Gasteiger partial charge < -0.3 is 33.3 Å². The van der Waals surface area contributed by atoms with E-state index in [9.17, 15) is 9.18 Å². The minimum atomic E-state index is -1.27. The highest BCUT2D eigenvalue weighted by Crippen LogP contribution is 2.40. The molecule has 0 bridgehead atoms. The number of aromatic nitrogens is 1. The fourth-order valence-electron chi connectivity index (χ4n) is 4.73. The summed E-state index contributed by atoms with van der Waals surface area (Å²) in [4.78, 5) is 22.8. The van der Waals surface area contributed by atoms with Crippen LogP contribution in [0.15, 0.2) is 59.3 Å². The van der Waals surface area contributed by atoms with Gasteiger partial charge in [-0.05, 0) is 48.1 Å². The van der Waals surface area contributed by atoms with E-state index in [1.807, 2.05) is 18.2 Å². The number of methoxy groups -OCH3 is 5. The second-order valence-corrected chi connectivity index (χ2v) is 10.3. The van der Waals surface area contributed by atoms with Gasteiger partial charge in [-0.3, -0.25) is 10.1 Å². The van der Waals surface area contributed by atoms with E-state index < -0.39 is 23.9 Å². The third-order valence-corrected chi connectivity index (χ3v) is 7.85. The molecule has 2 aromatic carbocycles. The molecule has 3 aromatic rings. The summed E-state index contributed by atoms with van der Waals surface area (Å²) in [5.41, 5.74) is 2.81. The topological polar surface area (TPSA) is 119 Å². The lowest BCUT2D eigenvalue weighted by Gasteiger charge is -2.36. The van der Waals surface area contributed by atoms with Crippen molar-refractivity contribution in [1.29, 1.82) is 0 Å². The van der Waals surface area contributed by atoms with E-state index in [1.165, 1.54) is 37.7 Å². The maximum atomic E-state index is 13.5. The molecule has 5 rings (SSSR count). The first-order valence-electron chi connectivity index (χ1n) is 12.8. The summed E-state index contributed by atoms with van der Waals surface area (Å²) in [6.07, 6.45) is 4.56. The second-order valence-electron chi connectivity index (χ2n) is 9.29. The molecule has 2 heterocycles. The maximum absolute atomic E-state index is 13.5. The predicted octanol–water partition coefficient (Wildman–Crippen LogP) is 4.46. The molecule has 1 aliphatic carbocycles. The Labute approximate surface area is 245 Å². The minimum absolute atomic E-state index is 0.320. The van der Waals surface area contributed by atoms with Gasteiger partial charge in [-0.25, -0.2) is 9.37 Å². The van der Waals surface area contributed by atoms with Crippen LogP contribution in [0.1, 0.15) is 12.0 Å². The van der Waals surface area contributed by atoms with Gasteiger partial charge in [-0.1, -0.05) is 22.6 Å². The van der Waals surface area contributed by atoms with E-state index in [4.69, 9.17) is 33.3 Å². The van der Waals surface area contributed by atoms with Gasteiger partial charge in [0.15, 0.2) is 22.7 Å². The van der Waals surface area contributed by atoms with Crippen LogP contribution in [0.4, 0.5) is 9.52 Å². The molecule has 42 heavy (non-hydrogen) atoms. The number of anilines is 1. The molecule has 0 saturated heterocycles. The first-order chi connectivity index (χ1) is 20.3. The molecule has 0 saturated carbocycles. The fraction of sp³-hybridized carbons (Fsp3) is 0.345. The fourth-order valence-corrected chi connectivity index (χ4v) is 5.64. The lowest BCUT2D eigenvalue weighted by molar-refractivity contribution is -0.225. The van der Waals surface area contributed by atoms with Crippen LogP contribution in [0.25, 0.3) is 10.2 Å². The first kappa shape index (κ1) is 29.5. The van der Waals surface area contributed by atoms with Crippen LogP contribution in [0.2, 0.25) is 0 Å². The number of carbonyl (C=O) groups is 1. The highest BCUT2D eigenvalue weighted by molar-refractivity contribution is 7.22. The van der Waals surface area contributed by atoms with Crippen molar-refractivity contribution < 1.29 is 42.4 Å². The number of nitrogens with one attached hydrogen (secondary N) is 1. The number of benzene rings is 2. The molecule has 13 heteroatoms. The summed E-state index contributed by atoms with van der Waals surface area (Å²) in [7, 11) is 7.61. The van der Waals surface area contributed by atoms with E-state index in [2.05, 4.69) is 15.5 Å². The maximum Gasteiger partial charge on any atom is 0.252 e. The van der Waals surface area contributed by atoms with Crippen molar-refractivity contribution >= 4 is 38.3 Å². The Balaban J connectivity index is 1.29. The first-order valence-corrected chi connectivity index (χ1v) is 13.7. The smallest absolute Gasteiger partial charge is 0.252 e. The average Bonchev–Trinajstić information content (AvgIpc) is 3.66. The molecule has 11 nitrogen and oxygen atoms in total. The van der Waals surface area contributed by atoms with Crippen molar-refractivity contribution in [3.05, 3.63) is 65.5 Å². The number of carbonyl (C=O) groups excluding carboxylic acids is 1. The second kappa shape index (κ2) is 12.4. The highest BCUT2D eigenvalue weighted by atomic mass is 32.1. The summed E-state index contributed by atoms with van der Waals surface area (Å²) in [6.45, 7) is -0.320. The van der Waals surface area contributed by atoms with Crippen molar-refractivity contribution in [2.24, 2.45) is 5.16 Å². The number of fused-ring (bicyclic) bond motifs is 1. The number of amides is 1. The predicted molar refractivity (Wildman–Crippen MR) is 154 cm³/mol. The number of oxime groups is 1. The number of ether oxygens (including phenoxy) is 6. The van der Waals surface area contributed by atoms with Crippen molar-refractivity contribution in [3.63, 3.8) is 0 Å². The van der Waals surface area contributed by atoms with Crippen LogP contribution in [-0.2, 0) is 23.8 Å². The zero-order chi connectivity index (χ0) is 29.9. The van der Waals surface area contributed by atoms with Gasteiger partial charge in [0.2, 0.25) is 11.5 Å². The molecule has 2 aliphatic rings. The normalized spacial score (nSPS) is 19.2. The van der Waals surface area contributed by atoms with Gasteiger partial charge in [0.05, 0.1) is 37.3 Å². The summed E-state index contributed by atoms with van der Waals surface area (Å²) in [6, 6.07) is 7.86. The number of rotatable bonds is 11. The van der Waals surface area contributed by atoms with E-state index in [1.54, 1.807) is 39.5 Å². The molecule has 0 radical (unpaired) electrons. The van der Waals surface area contributed by atoms with Crippen molar-refractivity contribution in [1.82, 2.24) is 4.98 Å². The Kier molecular flexibility index (Phi) is 8.73. The lowest BCUT2D eigenvalue weighted by Crippen LogP contribution is -2.47. The van der Waals surface area contributed by atoms with Gasteiger partial charge in [-0.2, -0.15) is 0 Å². The monoisotopic (exact) mass is 599 g/mol. The minimum Gasteiger partial charge on any atom is -0.493 e. The summed E-state index contributed by atoms with van der Waals surface area (Å²) in [5.74, 6) is -0.590. The van der Waals surface area contributed by atoms with Gasteiger partial charge in [0, 0.05) is 26.2 Å². The van der Waals surface area contributed by atoms with Gasteiger partial charge in [0.1, 0.15) is 18.5 Å². The highest BCUT2D eigenvalue weighted by Gasteiger charge is 2.41. The van der Waals surface area contributed by atoms with Gasteiger partial charge in [-0.15, -0.1) is 0 Å². The third-order valence-electron chi connectivity index (χ3n) is 6.92. The Morgan fingerprint density at radius 2 is 1.83 bits per heavy atom. The molecule has 1 N–H and O–H groups in total. The van der Waals surface area contributed by atoms with Gasteiger partial charge in [0.25, 0.3) is 5.91 Å². The van der Waals surface area contributed by atoms with E-state index in [-0.39, 0.29) is 12.4 Å². The van der Waals surface area contributed by atoms with Crippen LogP contribution >= 0.6 is 11.3 Å². The Bertz CT molecular complexity index is 1540. The molecule has 222 valence electrons. The largest absolute Gasteiger partial charge is 0.493 e. The number of nitrogens with zero attached hydrogens (tertiary/aromatic N) is 2. The molecule has 2 atom stereocenters. The third kappa shape index (κ3) is 5.81. The molecular weight excluding hydrogens is 569 g/mol. The number of halogens is 1. The molecule has 1 aliphatic heterocycles. The number of thiazole rings is 1. The molecule has 0 fully saturated rings. The van der Waals surface area contributed by atoms with Crippen LogP contribution in [0.3, 0.4) is 0 Å². The van der Waals surface area contributed by atoms with Crippen molar-refractivity contribution in [2.75, 3.05) is 47.5 Å². The Hall–Kier alpha value is -4.04.